The van der Waals surface area contributed by atoms with Crippen LogP contribution >= 0.6 is 22.9 Å². The van der Waals surface area contributed by atoms with E-state index < -0.39 is 0 Å². The highest BCUT2D eigenvalue weighted by molar-refractivity contribution is 7.12. The Hall–Kier alpha value is -2.70. The van der Waals surface area contributed by atoms with Crippen LogP contribution in [-0.4, -0.2) is 23.3 Å². The summed E-state index contributed by atoms with van der Waals surface area (Å²) in [7, 11) is 0. The second-order valence-electron chi connectivity index (χ2n) is 6.24. The van der Waals surface area contributed by atoms with Crippen LogP contribution in [-0.2, 0) is 22.6 Å². The molecule has 1 heterocycles. The van der Waals surface area contributed by atoms with Gasteiger partial charge in [-0.1, -0.05) is 54.1 Å². The number of carbonyl (C=O) groups is 2. The molecule has 7 heteroatoms. The van der Waals surface area contributed by atoms with E-state index in [2.05, 4.69) is 15.6 Å². The van der Waals surface area contributed by atoms with Crippen molar-refractivity contribution in [2.45, 2.75) is 19.9 Å². The Balaban J connectivity index is 1.47. The highest BCUT2D eigenvalue weighted by atomic mass is 35.5. The Labute approximate surface area is 172 Å². The number of aryl methyl sites for hydroxylation is 1. The molecule has 28 heavy (non-hydrogen) atoms. The molecule has 2 N–H and O–H groups in total. The lowest BCUT2D eigenvalue weighted by atomic mass is 10.1. The fourth-order valence-corrected chi connectivity index (χ4v) is 3.68. The van der Waals surface area contributed by atoms with Crippen molar-refractivity contribution in [1.29, 1.82) is 0 Å². The maximum absolute atomic E-state index is 12.0. The smallest absolute Gasteiger partial charge is 0.239 e. The third-order valence-electron chi connectivity index (χ3n) is 4.05. The summed E-state index contributed by atoms with van der Waals surface area (Å²) in [4.78, 5) is 29.6. The van der Waals surface area contributed by atoms with Crippen molar-refractivity contribution in [3.63, 3.8) is 0 Å². The summed E-state index contributed by atoms with van der Waals surface area (Å²) in [5.41, 5.74) is 2.79. The van der Waals surface area contributed by atoms with E-state index in [-0.39, 0.29) is 24.8 Å². The van der Waals surface area contributed by atoms with Gasteiger partial charge in [0.1, 0.15) is 5.01 Å². The van der Waals surface area contributed by atoms with E-state index in [0.717, 1.165) is 26.7 Å². The molecule has 1 aromatic heterocycles. The number of carbonyl (C=O) groups excluding carboxylic acids is 2. The molecule has 0 bridgehead atoms. The van der Waals surface area contributed by atoms with Crippen molar-refractivity contribution >= 4 is 34.8 Å². The third kappa shape index (κ3) is 5.65. The Morgan fingerprint density at radius 3 is 2.43 bits per heavy atom. The molecule has 0 atom stereocenters. The van der Waals surface area contributed by atoms with Gasteiger partial charge in [0, 0.05) is 15.5 Å². The molecule has 0 unspecified atom stereocenters. The van der Waals surface area contributed by atoms with E-state index in [4.69, 9.17) is 11.6 Å². The van der Waals surface area contributed by atoms with Crippen LogP contribution in [0.3, 0.4) is 0 Å². The molecule has 0 aliphatic heterocycles. The molecule has 144 valence electrons. The van der Waals surface area contributed by atoms with Crippen LogP contribution in [0.4, 0.5) is 0 Å². The lowest BCUT2D eigenvalue weighted by Gasteiger charge is -2.06. The molecule has 2 aromatic carbocycles. The quantitative estimate of drug-likeness (QED) is 0.619. The second-order valence-corrected chi connectivity index (χ2v) is 7.96. The van der Waals surface area contributed by atoms with Crippen LogP contribution in [0.2, 0.25) is 5.02 Å². The number of thiazole rings is 1. The Kier molecular flexibility index (Phi) is 6.79. The van der Waals surface area contributed by atoms with Crippen molar-refractivity contribution in [1.82, 2.24) is 15.6 Å². The molecule has 2 amide bonds. The molecular weight excluding hydrogens is 394 g/mol. The second kappa shape index (κ2) is 9.48. The van der Waals surface area contributed by atoms with E-state index in [0.29, 0.717) is 11.6 Å². The first-order chi connectivity index (χ1) is 13.5. The van der Waals surface area contributed by atoms with Crippen LogP contribution < -0.4 is 10.6 Å². The van der Waals surface area contributed by atoms with E-state index in [1.165, 1.54) is 11.3 Å². The zero-order valence-corrected chi connectivity index (χ0v) is 16.9. The molecule has 0 saturated carbocycles. The van der Waals surface area contributed by atoms with Crippen molar-refractivity contribution in [2.24, 2.45) is 0 Å². The van der Waals surface area contributed by atoms with Crippen molar-refractivity contribution in [3.8, 4) is 11.3 Å². The summed E-state index contributed by atoms with van der Waals surface area (Å²) in [6.07, 6.45) is 0.254. The minimum Gasteiger partial charge on any atom is -0.348 e. The Morgan fingerprint density at radius 1 is 1.00 bits per heavy atom. The predicted molar refractivity (Wildman–Crippen MR) is 112 cm³/mol. The fraction of sp³-hybridized carbons (Fsp3) is 0.190. The van der Waals surface area contributed by atoms with Crippen molar-refractivity contribution < 1.29 is 9.59 Å². The van der Waals surface area contributed by atoms with Gasteiger partial charge >= 0.3 is 0 Å². The number of hydrogen-bond donors (Lipinski definition) is 2. The number of rotatable bonds is 7. The van der Waals surface area contributed by atoms with Crippen molar-refractivity contribution in [3.05, 3.63) is 75.1 Å². The minimum absolute atomic E-state index is 0.0555. The van der Waals surface area contributed by atoms with Crippen LogP contribution in [0.1, 0.15) is 15.4 Å². The average Bonchev–Trinajstić information content (AvgIpc) is 3.07. The van der Waals surface area contributed by atoms with E-state index in [1.807, 2.05) is 61.5 Å². The fourth-order valence-electron chi connectivity index (χ4n) is 2.66. The van der Waals surface area contributed by atoms with Crippen molar-refractivity contribution in [2.75, 3.05) is 6.54 Å². The topological polar surface area (TPSA) is 71.1 Å². The van der Waals surface area contributed by atoms with Gasteiger partial charge in [0.15, 0.2) is 0 Å². The number of nitrogens with zero attached hydrogens (tertiary/aromatic N) is 1. The zero-order chi connectivity index (χ0) is 19.9. The van der Waals surface area contributed by atoms with Gasteiger partial charge in [0.25, 0.3) is 0 Å². The van der Waals surface area contributed by atoms with Crippen LogP contribution in [0.25, 0.3) is 11.3 Å². The molecule has 0 radical (unpaired) electrons. The number of aromatic nitrogens is 1. The Morgan fingerprint density at radius 2 is 1.71 bits per heavy atom. The maximum atomic E-state index is 12.0. The summed E-state index contributed by atoms with van der Waals surface area (Å²) in [5, 5.41) is 6.92. The summed E-state index contributed by atoms with van der Waals surface area (Å²) in [6.45, 7) is 2.27. The monoisotopic (exact) mass is 413 g/mol. The number of nitrogens with one attached hydrogen (secondary N) is 2. The van der Waals surface area contributed by atoms with Crippen LogP contribution in [0, 0.1) is 6.92 Å². The third-order valence-corrected chi connectivity index (χ3v) is 5.27. The number of halogens is 1. The van der Waals surface area contributed by atoms with Gasteiger partial charge in [-0.25, -0.2) is 4.98 Å². The van der Waals surface area contributed by atoms with E-state index >= 15 is 0 Å². The summed E-state index contributed by atoms with van der Waals surface area (Å²) in [6, 6.07) is 16.9. The lowest BCUT2D eigenvalue weighted by Crippen LogP contribution is -2.37. The minimum atomic E-state index is -0.248. The van der Waals surface area contributed by atoms with Gasteiger partial charge < -0.3 is 10.6 Å². The number of benzene rings is 2. The predicted octanol–water partition coefficient (Wildman–Crippen LogP) is 3.75. The van der Waals surface area contributed by atoms with Gasteiger partial charge in [-0.3, -0.25) is 9.59 Å². The maximum Gasteiger partial charge on any atom is 0.239 e. The first-order valence-electron chi connectivity index (χ1n) is 8.81. The van der Waals surface area contributed by atoms with Crippen LogP contribution in [0.15, 0.2) is 54.6 Å². The Bertz CT molecular complexity index is 956. The largest absolute Gasteiger partial charge is 0.348 e. The first kappa shape index (κ1) is 20.0. The van der Waals surface area contributed by atoms with Crippen LogP contribution in [0.5, 0.6) is 0 Å². The van der Waals surface area contributed by atoms with Gasteiger partial charge in [-0.05, 0) is 24.6 Å². The first-order valence-corrected chi connectivity index (χ1v) is 10.0. The highest BCUT2D eigenvalue weighted by Crippen LogP contribution is 2.28. The lowest BCUT2D eigenvalue weighted by molar-refractivity contribution is -0.125. The SMILES string of the molecule is Cc1sc(CNC(=O)CNC(=O)Cc2ccccc2)nc1-c1ccc(Cl)cc1. The van der Waals surface area contributed by atoms with Gasteiger partial charge in [0.05, 0.1) is 25.2 Å². The zero-order valence-electron chi connectivity index (χ0n) is 15.4. The van der Waals surface area contributed by atoms with E-state index in [1.54, 1.807) is 0 Å². The molecule has 3 aromatic rings. The molecule has 0 aliphatic carbocycles. The van der Waals surface area contributed by atoms with Gasteiger partial charge in [-0.2, -0.15) is 0 Å². The van der Waals surface area contributed by atoms with Gasteiger partial charge in [-0.15, -0.1) is 11.3 Å². The van der Waals surface area contributed by atoms with Gasteiger partial charge in [0.2, 0.25) is 11.8 Å². The summed E-state index contributed by atoms with van der Waals surface area (Å²) < 4.78 is 0. The standard InChI is InChI=1S/C21H20ClN3O2S/c1-14-21(16-7-9-17(22)10-8-16)25-20(28-14)13-24-19(27)12-23-18(26)11-15-5-3-2-4-6-15/h2-10H,11-13H2,1H3,(H,23,26)(H,24,27). The number of amides is 2. The molecule has 0 fully saturated rings. The highest BCUT2D eigenvalue weighted by Gasteiger charge is 2.11. The number of hydrogen-bond acceptors (Lipinski definition) is 4. The molecule has 0 aliphatic rings. The van der Waals surface area contributed by atoms with E-state index in [9.17, 15) is 9.59 Å². The normalized spacial score (nSPS) is 10.5. The molecule has 0 saturated heterocycles. The summed E-state index contributed by atoms with van der Waals surface area (Å²) >= 11 is 7.47. The molecule has 3 rings (SSSR count). The molecule has 5 nitrogen and oxygen atoms in total. The summed E-state index contributed by atoms with van der Waals surface area (Å²) in [5.74, 6) is -0.432. The molecular formula is C21H20ClN3O2S. The molecule has 0 spiro atoms. The average molecular weight is 414 g/mol.